The van der Waals surface area contributed by atoms with Crippen LogP contribution in [0.15, 0.2) is 47.3 Å². The van der Waals surface area contributed by atoms with E-state index in [0.29, 0.717) is 35.9 Å². The Kier molecular flexibility index (Phi) is 6.26. The van der Waals surface area contributed by atoms with Gasteiger partial charge in [0.2, 0.25) is 11.9 Å². The fourth-order valence-electron chi connectivity index (χ4n) is 3.72. The van der Waals surface area contributed by atoms with E-state index in [1.807, 2.05) is 63.2 Å². The lowest BCUT2D eigenvalue weighted by Crippen LogP contribution is -2.23. The summed E-state index contributed by atoms with van der Waals surface area (Å²) in [6.45, 7) is 8.35. The van der Waals surface area contributed by atoms with Crippen LogP contribution in [0.3, 0.4) is 0 Å². The second-order valence-corrected chi connectivity index (χ2v) is 8.39. The Morgan fingerprint density at radius 1 is 1.00 bits per heavy atom. The van der Waals surface area contributed by atoms with Gasteiger partial charge in [-0.05, 0) is 51.3 Å². The minimum atomic E-state index is -0.243. The van der Waals surface area contributed by atoms with Crippen LogP contribution in [0.25, 0.3) is 5.78 Å². The summed E-state index contributed by atoms with van der Waals surface area (Å²) >= 11 is 0. The van der Waals surface area contributed by atoms with Crippen LogP contribution in [0.1, 0.15) is 39.9 Å². The predicted molar refractivity (Wildman–Crippen MR) is 130 cm³/mol. The fraction of sp³-hybridized carbons (Fsp3) is 0.280. The Balaban J connectivity index is 1.45. The lowest BCUT2D eigenvalue weighted by atomic mass is 10.1. The molecule has 0 radical (unpaired) electrons. The van der Waals surface area contributed by atoms with Crippen molar-refractivity contribution >= 4 is 23.3 Å². The molecule has 2 heterocycles. The van der Waals surface area contributed by atoms with Gasteiger partial charge < -0.3 is 10.6 Å². The van der Waals surface area contributed by atoms with Gasteiger partial charge in [-0.25, -0.2) is 4.98 Å². The number of anilines is 2. The molecule has 0 atom stereocenters. The zero-order valence-electron chi connectivity index (χ0n) is 19.3. The molecular weight excluding hydrogens is 416 g/mol. The van der Waals surface area contributed by atoms with Crippen LogP contribution in [0, 0.1) is 27.7 Å². The SMILES string of the molecule is Cc1ccc(CNc2nc3nc(C)c(CCC(=O)Nc4ccc(C)cc4C)c(=O)n3[nH]2)cc1. The maximum absolute atomic E-state index is 13.0. The van der Waals surface area contributed by atoms with Crippen LogP contribution >= 0.6 is 0 Å². The number of hydrogen-bond donors (Lipinski definition) is 3. The smallest absolute Gasteiger partial charge is 0.277 e. The van der Waals surface area contributed by atoms with E-state index in [1.54, 1.807) is 6.92 Å². The molecule has 0 aliphatic heterocycles. The number of aryl methyl sites for hydroxylation is 4. The highest BCUT2D eigenvalue weighted by Gasteiger charge is 2.15. The molecule has 2 aromatic carbocycles. The van der Waals surface area contributed by atoms with Crippen molar-refractivity contribution in [3.63, 3.8) is 0 Å². The molecule has 0 unspecified atom stereocenters. The van der Waals surface area contributed by atoms with Crippen molar-refractivity contribution in [1.29, 1.82) is 0 Å². The Hall–Kier alpha value is -3.94. The normalized spacial score (nSPS) is 11.0. The van der Waals surface area contributed by atoms with Crippen LogP contribution in [-0.4, -0.2) is 25.5 Å². The maximum Gasteiger partial charge on any atom is 0.277 e. The lowest BCUT2D eigenvalue weighted by Gasteiger charge is -2.09. The number of carbonyl (C=O) groups is 1. The van der Waals surface area contributed by atoms with Gasteiger partial charge in [0.15, 0.2) is 0 Å². The first-order valence-electron chi connectivity index (χ1n) is 10.9. The summed E-state index contributed by atoms with van der Waals surface area (Å²) < 4.78 is 1.32. The van der Waals surface area contributed by atoms with Gasteiger partial charge in [0, 0.05) is 24.2 Å². The van der Waals surface area contributed by atoms with Gasteiger partial charge in [0.05, 0.1) is 5.69 Å². The second kappa shape index (κ2) is 9.28. The molecule has 0 bridgehead atoms. The molecule has 170 valence electrons. The first-order chi connectivity index (χ1) is 15.8. The highest BCUT2D eigenvalue weighted by Crippen LogP contribution is 2.17. The van der Waals surface area contributed by atoms with Crippen molar-refractivity contribution in [2.45, 2.75) is 47.1 Å². The van der Waals surface area contributed by atoms with Gasteiger partial charge >= 0.3 is 0 Å². The summed E-state index contributed by atoms with van der Waals surface area (Å²) in [7, 11) is 0. The van der Waals surface area contributed by atoms with Crippen molar-refractivity contribution in [2.24, 2.45) is 0 Å². The van der Waals surface area contributed by atoms with E-state index in [9.17, 15) is 9.59 Å². The third-order valence-electron chi connectivity index (χ3n) is 5.63. The van der Waals surface area contributed by atoms with Gasteiger partial charge in [-0.2, -0.15) is 9.50 Å². The molecule has 1 amide bonds. The number of rotatable bonds is 7. The van der Waals surface area contributed by atoms with E-state index in [0.717, 1.165) is 22.4 Å². The number of H-pyrrole nitrogens is 1. The number of amides is 1. The quantitative estimate of drug-likeness (QED) is 0.402. The third kappa shape index (κ3) is 5.11. The van der Waals surface area contributed by atoms with Crippen molar-refractivity contribution in [3.05, 3.63) is 86.3 Å². The summed E-state index contributed by atoms with van der Waals surface area (Å²) in [5.74, 6) is 0.618. The largest absolute Gasteiger partial charge is 0.351 e. The van der Waals surface area contributed by atoms with Crippen LogP contribution in [0.4, 0.5) is 11.6 Å². The number of aromatic nitrogens is 4. The highest BCUT2D eigenvalue weighted by atomic mass is 16.1. The van der Waals surface area contributed by atoms with Gasteiger partial charge in [-0.1, -0.05) is 47.5 Å². The number of benzene rings is 2. The minimum Gasteiger partial charge on any atom is -0.351 e. The molecule has 33 heavy (non-hydrogen) atoms. The molecule has 0 saturated heterocycles. The van der Waals surface area contributed by atoms with E-state index in [2.05, 4.69) is 25.7 Å². The van der Waals surface area contributed by atoms with Gasteiger partial charge in [-0.3, -0.25) is 14.7 Å². The molecule has 3 N–H and O–H groups in total. The van der Waals surface area contributed by atoms with Gasteiger partial charge in [-0.15, -0.1) is 0 Å². The molecule has 8 heteroatoms. The lowest BCUT2D eigenvalue weighted by molar-refractivity contribution is -0.116. The molecule has 0 spiro atoms. The molecule has 0 aliphatic rings. The van der Waals surface area contributed by atoms with Crippen molar-refractivity contribution in [2.75, 3.05) is 10.6 Å². The average molecular weight is 445 g/mol. The molecule has 4 aromatic rings. The van der Waals surface area contributed by atoms with Gasteiger partial charge in [0.25, 0.3) is 11.3 Å². The second-order valence-electron chi connectivity index (χ2n) is 8.39. The number of nitrogens with one attached hydrogen (secondary N) is 3. The maximum atomic E-state index is 13.0. The Labute approximate surface area is 192 Å². The molecule has 2 aromatic heterocycles. The molecular formula is C25H28N6O2. The predicted octanol–water partition coefficient (Wildman–Crippen LogP) is 3.83. The standard InChI is InChI=1S/C25H28N6O2/c1-15-5-8-19(9-6-15)14-26-24-29-25-27-18(4)20(23(33)31(25)30-24)10-12-22(32)28-21-11-7-16(2)13-17(21)3/h5-9,11,13H,10,12,14H2,1-4H3,(H,28,32)(H2,26,27,29,30). The summed E-state index contributed by atoms with van der Waals surface area (Å²) in [4.78, 5) is 34.4. The van der Waals surface area contributed by atoms with E-state index >= 15 is 0 Å². The van der Waals surface area contributed by atoms with E-state index in [4.69, 9.17) is 0 Å². The zero-order chi connectivity index (χ0) is 23.5. The first kappa shape index (κ1) is 22.3. The number of nitrogens with zero attached hydrogens (tertiary/aromatic N) is 3. The monoisotopic (exact) mass is 444 g/mol. The third-order valence-corrected chi connectivity index (χ3v) is 5.63. The topological polar surface area (TPSA) is 104 Å². The Morgan fingerprint density at radius 3 is 2.45 bits per heavy atom. The average Bonchev–Trinajstić information content (AvgIpc) is 3.18. The first-order valence-corrected chi connectivity index (χ1v) is 10.9. The molecule has 4 rings (SSSR count). The minimum absolute atomic E-state index is 0.143. The molecule has 0 aliphatic carbocycles. The van der Waals surface area contributed by atoms with Crippen LogP contribution < -0.4 is 16.2 Å². The molecule has 8 nitrogen and oxygen atoms in total. The number of fused-ring (bicyclic) bond motifs is 1. The number of hydrogen-bond acceptors (Lipinski definition) is 5. The number of aromatic amines is 1. The van der Waals surface area contributed by atoms with E-state index in [1.165, 1.54) is 10.1 Å². The zero-order valence-corrected chi connectivity index (χ0v) is 19.3. The number of carbonyl (C=O) groups excluding carboxylic acids is 1. The summed E-state index contributed by atoms with van der Waals surface area (Å²) in [5.41, 5.74) is 6.06. The summed E-state index contributed by atoms with van der Waals surface area (Å²) in [6.07, 6.45) is 0.478. The highest BCUT2D eigenvalue weighted by molar-refractivity contribution is 5.91. The van der Waals surface area contributed by atoms with Gasteiger partial charge in [0.1, 0.15) is 0 Å². The van der Waals surface area contributed by atoms with Crippen molar-refractivity contribution < 1.29 is 4.79 Å². The summed E-state index contributed by atoms with van der Waals surface area (Å²) in [5, 5.41) is 9.09. The van der Waals surface area contributed by atoms with E-state index in [-0.39, 0.29) is 17.9 Å². The van der Waals surface area contributed by atoms with Crippen molar-refractivity contribution in [1.82, 2.24) is 19.6 Å². The summed E-state index contributed by atoms with van der Waals surface area (Å²) in [6, 6.07) is 14.1. The van der Waals surface area contributed by atoms with Crippen LogP contribution in [0.5, 0.6) is 0 Å². The molecule has 0 fully saturated rings. The molecule has 0 saturated carbocycles. The van der Waals surface area contributed by atoms with Crippen LogP contribution in [0.2, 0.25) is 0 Å². The Bertz CT molecular complexity index is 1370. The fourth-order valence-corrected chi connectivity index (χ4v) is 3.72. The van der Waals surface area contributed by atoms with Crippen molar-refractivity contribution in [3.8, 4) is 0 Å². The Morgan fingerprint density at radius 2 is 1.73 bits per heavy atom. The van der Waals surface area contributed by atoms with E-state index < -0.39 is 0 Å². The van der Waals surface area contributed by atoms with Crippen LogP contribution in [-0.2, 0) is 17.8 Å².